The summed E-state index contributed by atoms with van der Waals surface area (Å²) in [6, 6.07) is 6.02. The standard InChI is InChI=1S/C18H29NO2/c1-6-15(13-19-12-14(3)4)11-16-9-8-10-17(21-7-2)18(16)20-5/h8-11,14,19H,6-7,12-13H2,1-5H3. The van der Waals surface area contributed by atoms with Crippen molar-refractivity contribution in [2.24, 2.45) is 5.92 Å². The second-order valence-corrected chi connectivity index (χ2v) is 5.49. The quantitative estimate of drug-likeness (QED) is 0.742. The van der Waals surface area contributed by atoms with Gasteiger partial charge in [0.2, 0.25) is 0 Å². The molecule has 1 rings (SSSR count). The summed E-state index contributed by atoms with van der Waals surface area (Å²) in [7, 11) is 1.69. The van der Waals surface area contributed by atoms with Gasteiger partial charge in [0.05, 0.1) is 13.7 Å². The molecule has 0 aliphatic heterocycles. The normalized spacial score (nSPS) is 11.8. The van der Waals surface area contributed by atoms with Crippen LogP contribution >= 0.6 is 0 Å². The zero-order valence-electron chi connectivity index (χ0n) is 14.0. The van der Waals surface area contributed by atoms with Gasteiger partial charge in [0.15, 0.2) is 11.5 Å². The number of benzene rings is 1. The Kier molecular flexibility index (Phi) is 7.91. The fourth-order valence-electron chi connectivity index (χ4n) is 2.15. The molecule has 0 saturated carbocycles. The van der Waals surface area contributed by atoms with Gasteiger partial charge in [-0.1, -0.05) is 44.6 Å². The van der Waals surface area contributed by atoms with E-state index < -0.39 is 0 Å². The van der Waals surface area contributed by atoms with Gasteiger partial charge in [0.1, 0.15) is 0 Å². The summed E-state index contributed by atoms with van der Waals surface area (Å²) in [6.45, 7) is 11.2. The Morgan fingerprint density at radius 1 is 1.29 bits per heavy atom. The molecule has 0 aliphatic carbocycles. The summed E-state index contributed by atoms with van der Waals surface area (Å²) in [6.07, 6.45) is 3.22. The smallest absolute Gasteiger partial charge is 0.167 e. The molecule has 1 aromatic rings. The highest BCUT2D eigenvalue weighted by Gasteiger charge is 2.08. The minimum atomic E-state index is 0.639. The SMILES string of the molecule is CCOc1cccc(C=C(CC)CNCC(C)C)c1OC. The van der Waals surface area contributed by atoms with Crippen LogP contribution in [0.2, 0.25) is 0 Å². The van der Waals surface area contributed by atoms with Gasteiger partial charge in [-0.15, -0.1) is 0 Å². The van der Waals surface area contributed by atoms with Gasteiger partial charge in [0.25, 0.3) is 0 Å². The van der Waals surface area contributed by atoms with E-state index in [1.54, 1.807) is 7.11 Å². The molecule has 0 fully saturated rings. The zero-order valence-corrected chi connectivity index (χ0v) is 14.0. The number of para-hydroxylation sites is 1. The first-order valence-corrected chi connectivity index (χ1v) is 7.82. The number of hydrogen-bond donors (Lipinski definition) is 1. The van der Waals surface area contributed by atoms with E-state index in [-0.39, 0.29) is 0 Å². The molecule has 0 spiro atoms. The highest BCUT2D eigenvalue weighted by Crippen LogP contribution is 2.32. The predicted molar refractivity (Wildman–Crippen MR) is 90.1 cm³/mol. The molecule has 0 radical (unpaired) electrons. The van der Waals surface area contributed by atoms with Crippen LogP contribution in [0.25, 0.3) is 6.08 Å². The number of rotatable bonds is 9. The molecule has 0 heterocycles. The van der Waals surface area contributed by atoms with E-state index in [9.17, 15) is 0 Å². The highest BCUT2D eigenvalue weighted by atomic mass is 16.5. The minimum Gasteiger partial charge on any atom is -0.492 e. The zero-order chi connectivity index (χ0) is 15.7. The van der Waals surface area contributed by atoms with Crippen LogP contribution in [0.4, 0.5) is 0 Å². The lowest BCUT2D eigenvalue weighted by atomic mass is 10.1. The van der Waals surface area contributed by atoms with Crippen molar-refractivity contribution in [2.75, 3.05) is 26.8 Å². The fourth-order valence-corrected chi connectivity index (χ4v) is 2.15. The van der Waals surface area contributed by atoms with E-state index in [1.807, 2.05) is 19.1 Å². The van der Waals surface area contributed by atoms with Gasteiger partial charge < -0.3 is 14.8 Å². The minimum absolute atomic E-state index is 0.639. The number of ether oxygens (including phenoxy) is 2. The molecule has 0 bridgehead atoms. The molecule has 0 amide bonds. The molecule has 0 aromatic heterocycles. The Hall–Kier alpha value is -1.48. The predicted octanol–water partition coefficient (Wildman–Crippen LogP) is 4.13. The third-order valence-corrected chi connectivity index (χ3v) is 3.23. The first-order valence-electron chi connectivity index (χ1n) is 7.82. The van der Waals surface area contributed by atoms with Crippen LogP contribution < -0.4 is 14.8 Å². The molecule has 3 nitrogen and oxygen atoms in total. The van der Waals surface area contributed by atoms with Gasteiger partial charge in [-0.25, -0.2) is 0 Å². The summed E-state index contributed by atoms with van der Waals surface area (Å²) in [5.74, 6) is 2.28. The first-order chi connectivity index (χ1) is 10.1. The summed E-state index contributed by atoms with van der Waals surface area (Å²) < 4.78 is 11.2. The van der Waals surface area contributed by atoms with Crippen LogP contribution in [0.5, 0.6) is 11.5 Å². The van der Waals surface area contributed by atoms with E-state index in [4.69, 9.17) is 9.47 Å². The van der Waals surface area contributed by atoms with E-state index >= 15 is 0 Å². The van der Waals surface area contributed by atoms with E-state index in [0.29, 0.717) is 12.5 Å². The van der Waals surface area contributed by atoms with Gasteiger partial charge in [-0.05, 0) is 31.9 Å². The maximum absolute atomic E-state index is 5.63. The van der Waals surface area contributed by atoms with Crippen LogP contribution in [0.1, 0.15) is 39.7 Å². The van der Waals surface area contributed by atoms with Crippen LogP contribution in [0.15, 0.2) is 23.8 Å². The van der Waals surface area contributed by atoms with Gasteiger partial charge in [0, 0.05) is 12.1 Å². The molecule has 1 aromatic carbocycles. The fraction of sp³-hybridized carbons (Fsp3) is 0.556. The van der Waals surface area contributed by atoms with Crippen LogP contribution in [-0.4, -0.2) is 26.8 Å². The second-order valence-electron chi connectivity index (χ2n) is 5.49. The van der Waals surface area contributed by atoms with E-state index in [2.05, 4.69) is 38.2 Å². The molecule has 0 aliphatic rings. The summed E-state index contributed by atoms with van der Waals surface area (Å²) in [5.41, 5.74) is 2.44. The van der Waals surface area contributed by atoms with Gasteiger partial charge in [-0.2, -0.15) is 0 Å². The van der Waals surface area contributed by atoms with Crippen molar-refractivity contribution in [3.63, 3.8) is 0 Å². The lowest BCUT2D eigenvalue weighted by Crippen LogP contribution is -2.21. The van der Waals surface area contributed by atoms with Crippen molar-refractivity contribution in [1.29, 1.82) is 0 Å². The molecule has 0 unspecified atom stereocenters. The van der Waals surface area contributed by atoms with Gasteiger partial charge in [-0.3, -0.25) is 0 Å². The summed E-state index contributed by atoms with van der Waals surface area (Å²) in [4.78, 5) is 0. The Balaban J connectivity index is 2.91. The Labute approximate surface area is 129 Å². The number of nitrogens with one attached hydrogen (secondary N) is 1. The molecular formula is C18H29NO2. The van der Waals surface area contributed by atoms with Gasteiger partial charge >= 0.3 is 0 Å². The van der Waals surface area contributed by atoms with Crippen LogP contribution in [0, 0.1) is 5.92 Å². The van der Waals surface area contributed by atoms with Crippen molar-refractivity contribution in [3.05, 3.63) is 29.3 Å². The summed E-state index contributed by atoms with van der Waals surface area (Å²) in [5, 5.41) is 3.49. The third-order valence-electron chi connectivity index (χ3n) is 3.23. The van der Waals surface area contributed by atoms with E-state index in [1.165, 1.54) is 5.57 Å². The Bertz CT molecular complexity index is 453. The maximum Gasteiger partial charge on any atom is 0.167 e. The average molecular weight is 291 g/mol. The number of hydrogen-bond acceptors (Lipinski definition) is 3. The van der Waals surface area contributed by atoms with Crippen molar-refractivity contribution in [2.45, 2.75) is 34.1 Å². The monoisotopic (exact) mass is 291 g/mol. The van der Waals surface area contributed by atoms with Crippen molar-refractivity contribution in [3.8, 4) is 11.5 Å². The van der Waals surface area contributed by atoms with Crippen molar-refractivity contribution >= 4 is 6.08 Å². The van der Waals surface area contributed by atoms with E-state index in [0.717, 1.165) is 36.6 Å². The molecule has 1 N–H and O–H groups in total. The molecule has 21 heavy (non-hydrogen) atoms. The Morgan fingerprint density at radius 3 is 2.62 bits per heavy atom. The lowest BCUT2D eigenvalue weighted by molar-refractivity contribution is 0.310. The molecule has 0 atom stereocenters. The second kappa shape index (κ2) is 9.46. The number of methoxy groups -OCH3 is 1. The van der Waals surface area contributed by atoms with Crippen molar-refractivity contribution < 1.29 is 9.47 Å². The first kappa shape index (κ1) is 17.6. The largest absolute Gasteiger partial charge is 0.492 e. The van der Waals surface area contributed by atoms with Crippen molar-refractivity contribution in [1.82, 2.24) is 5.32 Å². The molecule has 0 saturated heterocycles. The summed E-state index contributed by atoms with van der Waals surface area (Å²) >= 11 is 0. The average Bonchev–Trinajstić information content (AvgIpc) is 2.46. The van der Waals surface area contributed by atoms with Crippen LogP contribution in [-0.2, 0) is 0 Å². The Morgan fingerprint density at radius 2 is 2.05 bits per heavy atom. The maximum atomic E-state index is 5.63. The molecular weight excluding hydrogens is 262 g/mol. The third kappa shape index (κ3) is 5.80. The lowest BCUT2D eigenvalue weighted by Gasteiger charge is -2.13. The topological polar surface area (TPSA) is 30.5 Å². The van der Waals surface area contributed by atoms with Crippen LogP contribution in [0.3, 0.4) is 0 Å². The molecule has 3 heteroatoms. The molecule has 118 valence electrons. The highest BCUT2D eigenvalue weighted by molar-refractivity contribution is 5.64.